The van der Waals surface area contributed by atoms with Crippen LogP contribution in [-0.2, 0) is 0 Å². The summed E-state index contributed by atoms with van der Waals surface area (Å²) >= 11 is 0. The van der Waals surface area contributed by atoms with E-state index in [1.54, 1.807) is 0 Å². The third-order valence-electron chi connectivity index (χ3n) is 1.72. The highest BCUT2D eigenvalue weighted by Crippen LogP contribution is 2.09. The predicted molar refractivity (Wildman–Crippen MR) is 46.2 cm³/mol. The van der Waals surface area contributed by atoms with E-state index in [9.17, 15) is 20.2 Å². The number of nitrogens with zero attached hydrogens (tertiary/aromatic N) is 2. The van der Waals surface area contributed by atoms with Crippen LogP contribution in [0.2, 0.25) is 0 Å². The Morgan fingerprint density at radius 3 is 2.38 bits per heavy atom. The predicted octanol–water partition coefficient (Wildman–Crippen LogP) is 1.65. The Labute approximate surface area is 76.2 Å². The monoisotopic (exact) mass is 189 g/mol. The maximum absolute atomic E-state index is 10.4. The summed E-state index contributed by atoms with van der Waals surface area (Å²) in [5.74, 6) is 0. The minimum atomic E-state index is -0.801. The summed E-state index contributed by atoms with van der Waals surface area (Å²) in [5, 5.41) is 20.3. The molecule has 0 saturated carbocycles. The molecule has 6 heteroatoms. The van der Waals surface area contributed by atoms with Crippen molar-refractivity contribution in [2.24, 2.45) is 0 Å². The van der Waals surface area contributed by atoms with Crippen molar-refractivity contribution in [1.29, 1.82) is 0 Å². The molecule has 0 aromatic carbocycles. The number of hydrogen-bond acceptors (Lipinski definition) is 4. The van der Waals surface area contributed by atoms with E-state index in [4.69, 9.17) is 0 Å². The van der Waals surface area contributed by atoms with E-state index in [0.29, 0.717) is 6.42 Å². The first-order valence-electron chi connectivity index (χ1n) is 4.18. The maximum atomic E-state index is 10.4. The summed E-state index contributed by atoms with van der Waals surface area (Å²) in [4.78, 5) is 19.2. The molecule has 0 heterocycles. The maximum Gasteiger partial charge on any atom is 0.285 e. The number of rotatable bonds is 7. The second-order valence-electron chi connectivity index (χ2n) is 2.79. The lowest BCUT2D eigenvalue weighted by molar-refractivity contribution is -0.532. The summed E-state index contributed by atoms with van der Waals surface area (Å²) in [5.41, 5.74) is 0. The third kappa shape index (κ3) is 6.01. The molecule has 0 aliphatic carbocycles. The van der Waals surface area contributed by atoms with Gasteiger partial charge in [0.15, 0.2) is 0 Å². The van der Waals surface area contributed by atoms with Crippen LogP contribution in [0, 0.1) is 26.8 Å². The van der Waals surface area contributed by atoms with E-state index in [0.717, 1.165) is 19.4 Å². The molecule has 0 aliphatic heterocycles. The fraction of sp³-hybridized carbons (Fsp3) is 0.857. The van der Waals surface area contributed by atoms with Crippen molar-refractivity contribution < 1.29 is 9.85 Å². The zero-order valence-corrected chi connectivity index (χ0v) is 7.51. The molecule has 75 valence electrons. The van der Waals surface area contributed by atoms with E-state index in [2.05, 4.69) is 0 Å². The van der Waals surface area contributed by atoms with Gasteiger partial charge in [0.2, 0.25) is 6.04 Å². The number of nitro groups is 2. The lowest BCUT2D eigenvalue weighted by Crippen LogP contribution is -2.20. The molecule has 1 unspecified atom stereocenters. The zero-order chi connectivity index (χ0) is 10.3. The standard InChI is InChI=1S/C7H13N2O4/c1-2-3-4-7(9(12)13)5-6-8(10)11/h6-7H,2-5H2,1H3. The van der Waals surface area contributed by atoms with Crippen LogP contribution in [0.1, 0.15) is 32.6 Å². The van der Waals surface area contributed by atoms with Gasteiger partial charge in [0.25, 0.3) is 6.54 Å². The van der Waals surface area contributed by atoms with Crippen LogP contribution in [-0.4, -0.2) is 15.9 Å². The Balaban J connectivity index is 3.80. The molecule has 1 atom stereocenters. The molecule has 0 aliphatic rings. The lowest BCUT2D eigenvalue weighted by Gasteiger charge is -2.04. The smallest absolute Gasteiger partial charge is 0.264 e. The normalized spacial score (nSPS) is 12.4. The highest BCUT2D eigenvalue weighted by molar-refractivity contribution is 4.62. The molecule has 0 saturated heterocycles. The van der Waals surface area contributed by atoms with Crippen LogP contribution in [0.25, 0.3) is 0 Å². The topological polar surface area (TPSA) is 86.3 Å². The summed E-state index contributed by atoms with van der Waals surface area (Å²) in [6.45, 7) is 2.68. The van der Waals surface area contributed by atoms with E-state index in [-0.39, 0.29) is 6.42 Å². The van der Waals surface area contributed by atoms with Crippen molar-refractivity contribution in [3.8, 4) is 0 Å². The summed E-state index contributed by atoms with van der Waals surface area (Å²) in [6, 6.07) is -0.801. The Kier molecular flexibility index (Phi) is 5.75. The van der Waals surface area contributed by atoms with Gasteiger partial charge in [-0.05, 0) is 6.42 Å². The molecule has 0 amide bonds. The first-order chi connectivity index (χ1) is 6.07. The van der Waals surface area contributed by atoms with Crippen LogP contribution in [0.4, 0.5) is 0 Å². The molecule has 6 nitrogen and oxygen atoms in total. The van der Waals surface area contributed by atoms with Crippen LogP contribution >= 0.6 is 0 Å². The molecule has 0 N–H and O–H groups in total. The van der Waals surface area contributed by atoms with Gasteiger partial charge in [-0.25, -0.2) is 0 Å². The van der Waals surface area contributed by atoms with Gasteiger partial charge in [0.1, 0.15) is 0 Å². The van der Waals surface area contributed by atoms with Gasteiger partial charge in [-0.3, -0.25) is 20.2 Å². The van der Waals surface area contributed by atoms with Crippen molar-refractivity contribution in [3.63, 3.8) is 0 Å². The first-order valence-corrected chi connectivity index (χ1v) is 4.18. The molecule has 0 aromatic rings. The minimum absolute atomic E-state index is 0.0833. The zero-order valence-electron chi connectivity index (χ0n) is 7.51. The van der Waals surface area contributed by atoms with E-state index < -0.39 is 15.9 Å². The van der Waals surface area contributed by atoms with Crippen molar-refractivity contribution >= 4 is 0 Å². The van der Waals surface area contributed by atoms with Crippen LogP contribution in [0.5, 0.6) is 0 Å². The SMILES string of the molecule is CCCCC(C[CH][N+](=O)[O-])[N+](=O)[O-]. The van der Waals surface area contributed by atoms with Gasteiger partial charge in [-0.2, -0.15) is 0 Å². The lowest BCUT2D eigenvalue weighted by atomic mass is 10.1. The molecule has 13 heavy (non-hydrogen) atoms. The summed E-state index contributed by atoms with van der Waals surface area (Å²) < 4.78 is 0. The van der Waals surface area contributed by atoms with Gasteiger partial charge < -0.3 is 0 Å². The van der Waals surface area contributed by atoms with Gasteiger partial charge in [-0.15, -0.1) is 0 Å². The van der Waals surface area contributed by atoms with Gasteiger partial charge in [0, 0.05) is 16.3 Å². The van der Waals surface area contributed by atoms with E-state index in [1.165, 1.54) is 0 Å². The Morgan fingerprint density at radius 1 is 1.38 bits per heavy atom. The second kappa shape index (κ2) is 6.33. The first kappa shape index (κ1) is 11.8. The molecular formula is C7H13N2O4. The highest BCUT2D eigenvalue weighted by Gasteiger charge is 2.22. The van der Waals surface area contributed by atoms with Crippen LogP contribution in [0.3, 0.4) is 0 Å². The van der Waals surface area contributed by atoms with Crippen molar-refractivity contribution in [2.45, 2.75) is 38.6 Å². The third-order valence-corrected chi connectivity index (χ3v) is 1.72. The molecule has 0 rings (SSSR count). The Morgan fingerprint density at radius 2 is 2.00 bits per heavy atom. The highest BCUT2D eigenvalue weighted by atomic mass is 16.6. The van der Waals surface area contributed by atoms with Crippen molar-refractivity contribution in [3.05, 3.63) is 26.8 Å². The fourth-order valence-electron chi connectivity index (χ4n) is 0.957. The number of unbranched alkanes of at least 4 members (excludes halogenated alkanes) is 1. The van der Waals surface area contributed by atoms with Crippen LogP contribution in [0.15, 0.2) is 0 Å². The minimum Gasteiger partial charge on any atom is -0.264 e. The van der Waals surface area contributed by atoms with Gasteiger partial charge in [-0.1, -0.05) is 13.3 Å². The van der Waals surface area contributed by atoms with E-state index >= 15 is 0 Å². The quantitative estimate of drug-likeness (QED) is 0.450. The summed E-state index contributed by atoms with van der Waals surface area (Å²) in [6.07, 6.45) is 1.92. The summed E-state index contributed by atoms with van der Waals surface area (Å²) in [7, 11) is 0. The van der Waals surface area contributed by atoms with Crippen molar-refractivity contribution in [2.75, 3.05) is 0 Å². The second-order valence-corrected chi connectivity index (χ2v) is 2.79. The molecule has 0 aromatic heterocycles. The Bertz CT molecular complexity index is 183. The van der Waals surface area contributed by atoms with Crippen molar-refractivity contribution in [1.82, 2.24) is 0 Å². The molecule has 1 radical (unpaired) electrons. The van der Waals surface area contributed by atoms with Gasteiger partial charge >= 0.3 is 0 Å². The Hall–Kier alpha value is -1.20. The van der Waals surface area contributed by atoms with E-state index in [1.807, 2.05) is 6.92 Å². The molecular weight excluding hydrogens is 176 g/mol. The fourth-order valence-corrected chi connectivity index (χ4v) is 0.957. The molecule has 0 bridgehead atoms. The largest absolute Gasteiger partial charge is 0.285 e. The average Bonchev–Trinajstić information content (AvgIpc) is 2.03. The van der Waals surface area contributed by atoms with Crippen LogP contribution < -0.4 is 0 Å². The molecule has 0 spiro atoms. The molecule has 0 fully saturated rings. The average molecular weight is 189 g/mol. The number of hydrogen-bond donors (Lipinski definition) is 0. The van der Waals surface area contributed by atoms with Gasteiger partial charge in [0.05, 0.1) is 6.42 Å².